The fourth-order valence-electron chi connectivity index (χ4n) is 4.73. The Morgan fingerprint density at radius 3 is 2.57 bits per heavy atom. The number of hydrogen-bond acceptors (Lipinski definition) is 2. The van der Waals surface area contributed by atoms with Crippen LogP contribution in [0.1, 0.15) is 44.6 Å². The van der Waals surface area contributed by atoms with E-state index in [2.05, 4.69) is 29.6 Å². The molecule has 0 aromatic heterocycles. The molecule has 0 amide bonds. The number of fused-ring (bicyclic) bond motifs is 5. The van der Waals surface area contributed by atoms with E-state index in [4.69, 9.17) is 23.2 Å². The lowest BCUT2D eigenvalue weighted by atomic mass is 9.75. The zero-order valence-electron chi connectivity index (χ0n) is 14.8. The number of carbonyl (C=O) groups is 1. The van der Waals surface area contributed by atoms with Crippen molar-refractivity contribution < 1.29 is 9.90 Å². The Morgan fingerprint density at radius 1 is 0.964 bits per heavy atom. The van der Waals surface area contributed by atoms with E-state index in [0.717, 1.165) is 23.2 Å². The Hall–Kier alpha value is -2.49. The lowest BCUT2D eigenvalue weighted by Gasteiger charge is -2.38. The molecule has 0 bridgehead atoms. The van der Waals surface area contributed by atoms with Crippen molar-refractivity contribution in [3.8, 4) is 0 Å². The first kappa shape index (κ1) is 17.6. The molecule has 2 aliphatic rings. The molecule has 1 aliphatic heterocycles. The Kier molecular flexibility index (Phi) is 4.11. The SMILES string of the molecule is O=C(O)c1ccc2c(c1)[C@@H]1c3ccccc3C[C@H]1[C@H](c1ccc(Cl)c(Cl)c1)N2. The molecule has 0 unspecified atom stereocenters. The van der Waals surface area contributed by atoms with Crippen molar-refractivity contribution in [2.24, 2.45) is 5.92 Å². The maximum absolute atomic E-state index is 11.5. The van der Waals surface area contributed by atoms with Gasteiger partial charge in [0.05, 0.1) is 21.7 Å². The van der Waals surface area contributed by atoms with Gasteiger partial charge in [0.2, 0.25) is 0 Å². The highest BCUT2D eigenvalue weighted by atomic mass is 35.5. The van der Waals surface area contributed by atoms with E-state index in [1.165, 1.54) is 11.1 Å². The summed E-state index contributed by atoms with van der Waals surface area (Å²) in [6.45, 7) is 0. The Labute approximate surface area is 172 Å². The minimum absolute atomic E-state index is 0.0651. The van der Waals surface area contributed by atoms with Crippen molar-refractivity contribution in [2.45, 2.75) is 18.4 Å². The second-order valence-electron chi connectivity index (χ2n) is 7.45. The molecule has 1 aliphatic carbocycles. The lowest BCUT2D eigenvalue weighted by molar-refractivity contribution is 0.0696. The fraction of sp³-hybridized carbons (Fsp3) is 0.174. The van der Waals surface area contributed by atoms with Gasteiger partial charge in [-0.2, -0.15) is 0 Å². The predicted molar refractivity (Wildman–Crippen MR) is 112 cm³/mol. The molecule has 28 heavy (non-hydrogen) atoms. The van der Waals surface area contributed by atoms with Crippen molar-refractivity contribution in [3.05, 3.63) is 98.5 Å². The molecule has 3 nitrogen and oxygen atoms in total. The molecule has 5 rings (SSSR count). The van der Waals surface area contributed by atoms with Crippen molar-refractivity contribution in [1.29, 1.82) is 0 Å². The van der Waals surface area contributed by atoms with Crippen LogP contribution in [0, 0.1) is 5.92 Å². The van der Waals surface area contributed by atoms with Crippen LogP contribution in [0.4, 0.5) is 5.69 Å². The number of rotatable bonds is 2. The van der Waals surface area contributed by atoms with Crippen LogP contribution in [-0.4, -0.2) is 11.1 Å². The standard InChI is InChI=1S/C23H17Cl2NO2/c24-18-7-5-13(11-19(18)25)22-17-9-12-3-1-2-4-15(12)21(17)16-10-14(23(27)28)6-8-20(16)26-22/h1-8,10-11,17,21-22,26H,9H2,(H,27,28)/t17-,21+,22+/m1/s1. The third kappa shape index (κ3) is 2.69. The summed E-state index contributed by atoms with van der Waals surface area (Å²) in [6.07, 6.45) is 0.926. The number of hydrogen-bond donors (Lipinski definition) is 2. The molecule has 0 saturated heterocycles. The van der Waals surface area contributed by atoms with Gasteiger partial charge in [-0.05, 0) is 64.9 Å². The number of anilines is 1. The number of benzene rings is 3. The monoisotopic (exact) mass is 409 g/mol. The zero-order chi connectivity index (χ0) is 19.4. The largest absolute Gasteiger partial charge is 0.478 e. The topological polar surface area (TPSA) is 49.3 Å². The van der Waals surface area contributed by atoms with Crippen molar-refractivity contribution >= 4 is 34.9 Å². The quantitative estimate of drug-likeness (QED) is 0.532. The van der Waals surface area contributed by atoms with Crippen LogP contribution in [0.5, 0.6) is 0 Å². The molecule has 0 spiro atoms. The summed E-state index contributed by atoms with van der Waals surface area (Å²) in [6, 6.07) is 19.6. The van der Waals surface area contributed by atoms with Crippen LogP contribution >= 0.6 is 23.2 Å². The number of carboxylic acids is 1. The molecule has 1 heterocycles. The molecule has 3 atom stereocenters. The summed E-state index contributed by atoms with van der Waals surface area (Å²) in [4.78, 5) is 11.5. The zero-order valence-corrected chi connectivity index (χ0v) is 16.3. The van der Waals surface area contributed by atoms with E-state index in [1.807, 2.05) is 30.3 Å². The highest BCUT2D eigenvalue weighted by molar-refractivity contribution is 6.42. The number of carboxylic acid groups (broad SMARTS) is 1. The van der Waals surface area contributed by atoms with E-state index in [0.29, 0.717) is 15.6 Å². The highest BCUT2D eigenvalue weighted by Crippen LogP contribution is 2.54. The lowest BCUT2D eigenvalue weighted by Crippen LogP contribution is -2.30. The van der Waals surface area contributed by atoms with Crippen LogP contribution in [0.25, 0.3) is 0 Å². The summed E-state index contributed by atoms with van der Waals surface area (Å²) < 4.78 is 0. The normalized spacial score (nSPS) is 22.0. The van der Waals surface area contributed by atoms with Crippen LogP contribution < -0.4 is 5.32 Å². The molecule has 3 aromatic carbocycles. The molecule has 0 saturated carbocycles. The van der Waals surface area contributed by atoms with Crippen LogP contribution in [0.2, 0.25) is 10.0 Å². The summed E-state index contributed by atoms with van der Waals surface area (Å²) in [5.41, 5.74) is 6.02. The number of halogens is 2. The van der Waals surface area contributed by atoms with E-state index < -0.39 is 5.97 Å². The second-order valence-corrected chi connectivity index (χ2v) is 8.26. The summed E-state index contributed by atoms with van der Waals surface area (Å²) in [5, 5.41) is 14.2. The number of nitrogens with one attached hydrogen (secondary N) is 1. The molecule has 140 valence electrons. The van der Waals surface area contributed by atoms with Gasteiger partial charge in [0.25, 0.3) is 0 Å². The van der Waals surface area contributed by atoms with Crippen molar-refractivity contribution in [3.63, 3.8) is 0 Å². The average Bonchev–Trinajstić information content (AvgIpc) is 3.09. The minimum Gasteiger partial charge on any atom is -0.478 e. The molecule has 0 fully saturated rings. The van der Waals surface area contributed by atoms with Crippen LogP contribution in [0.15, 0.2) is 60.7 Å². The van der Waals surface area contributed by atoms with E-state index in [9.17, 15) is 9.90 Å². The molecule has 2 N–H and O–H groups in total. The van der Waals surface area contributed by atoms with Crippen molar-refractivity contribution in [1.82, 2.24) is 0 Å². The van der Waals surface area contributed by atoms with E-state index in [1.54, 1.807) is 6.07 Å². The third-order valence-electron chi connectivity index (χ3n) is 5.95. The Balaban J connectivity index is 1.68. The van der Waals surface area contributed by atoms with Gasteiger partial charge >= 0.3 is 5.97 Å². The fourth-order valence-corrected chi connectivity index (χ4v) is 5.04. The van der Waals surface area contributed by atoms with Gasteiger partial charge in [0, 0.05) is 11.6 Å². The Bertz CT molecular complexity index is 1110. The number of aromatic carboxylic acids is 1. The molecule has 0 radical (unpaired) electrons. The minimum atomic E-state index is -0.905. The van der Waals surface area contributed by atoms with Crippen LogP contribution in [-0.2, 0) is 6.42 Å². The summed E-state index contributed by atoms with van der Waals surface area (Å²) in [7, 11) is 0. The Morgan fingerprint density at radius 2 is 1.79 bits per heavy atom. The first-order valence-corrected chi connectivity index (χ1v) is 9.95. The molecular weight excluding hydrogens is 393 g/mol. The van der Waals surface area contributed by atoms with Gasteiger partial charge in [0.15, 0.2) is 0 Å². The van der Waals surface area contributed by atoms with Gasteiger partial charge in [-0.25, -0.2) is 4.79 Å². The molecular formula is C23H17Cl2NO2. The van der Waals surface area contributed by atoms with E-state index in [-0.39, 0.29) is 17.9 Å². The maximum atomic E-state index is 11.5. The van der Waals surface area contributed by atoms with E-state index >= 15 is 0 Å². The van der Waals surface area contributed by atoms with Crippen LogP contribution in [0.3, 0.4) is 0 Å². The predicted octanol–water partition coefficient (Wildman–Crippen LogP) is 6.16. The highest BCUT2D eigenvalue weighted by Gasteiger charge is 2.43. The maximum Gasteiger partial charge on any atom is 0.335 e. The summed E-state index contributed by atoms with van der Waals surface area (Å²) >= 11 is 12.4. The molecule has 3 aromatic rings. The van der Waals surface area contributed by atoms with Gasteiger partial charge in [-0.3, -0.25) is 0 Å². The summed E-state index contributed by atoms with van der Waals surface area (Å²) in [5.74, 6) is -0.491. The van der Waals surface area contributed by atoms with Crippen molar-refractivity contribution in [2.75, 3.05) is 5.32 Å². The van der Waals surface area contributed by atoms with Gasteiger partial charge in [-0.1, -0.05) is 53.5 Å². The van der Waals surface area contributed by atoms with Gasteiger partial charge < -0.3 is 10.4 Å². The molecule has 5 heteroatoms. The third-order valence-corrected chi connectivity index (χ3v) is 6.69. The van der Waals surface area contributed by atoms with Gasteiger partial charge in [-0.15, -0.1) is 0 Å². The van der Waals surface area contributed by atoms with Gasteiger partial charge in [0.1, 0.15) is 0 Å². The first-order chi connectivity index (χ1) is 13.5. The second kappa shape index (κ2) is 6.54. The average molecular weight is 410 g/mol. The smallest absolute Gasteiger partial charge is 0.335 e. The first-order valence-electron chi connectivity index (χ1n) is 9.19.